The maximum atomic E-state index is 14.0. The number of H-pyrrole nitrogens is 4. The van der Waals surface area contributed by atoms with Crippen molar-refractivity contribution in [2.75, 3.05) is 95.0 Å². The summed E-state index contributed by atoms with van der Waals surface area (Å²) >= 11 is 0. The van der Waals surface area contributed by atoms with Gasteiger partial charge in [-0.3, -0.25) is 33.9 Å². The molecule has 10 heterocycles. The van der Waals surface area contributed by atoms with Gasteiger partial charge in [-0.25, -0.2) is 34.3 Å². The first-order valence-corrected chi connectivity index (χ1v) is 45.8. The highest BCUT2D eigenvalue weighted by molar-refractivity contribution is 5.93. The molecule has 6 aliphatic rings. The van der Waals surface area contributed by atoms with Gasteiger partial charge in [0.1, 0.15) is 53.1 Å². The second-order valence-electron chi connectivity index (χ2n) is 36.4. The van der Waals surface area contributed by atoms with Crippen LogP contribution in [0.4, 0.5) is 14.4 Å². The number of carbonyl (C=O) groups is 7. The summed E-state index contributed by atoms with van der Waals surface area (Å²) in [5.41, 5.74) is 13.3. The molecule has 0 saturated carbocycles. The maximum absolute atomic E-state index is 14.0. The van der Waals surface area contributed by atoms with Crippen LogP contribution < -0.4 is 10.6 Å². The van der Waals surface area contributed by atoms with Gasteiger partial charge in [-0.05, 0) is 228 Å². The zero-order chi connectivity index (χ0) is 92.3. The number of fused-ring (bicyclic) bond motifs is 2. The lowest BCUT2D eigenvalue weighted by molar-refractivity contribution is -0.142. The minimum atomic E-state index is -0.823. The molecular weight excluding hydrogens is 1670 g/mol. The number of nitrogens with one attached hydrogen (secondary N) is 6. The Labute approximate surface area is 768 Å². The normalized spacial score (nSPS) is 18.7. The largest absolute Gasteiger partial charge is 0.480 e. The average molecular weight is 1790 g/mol. The van der Waals surface area contributed by atoms with E-state index in [2.05, 4.69) is 157 Å². The Bertz CT molecular complexity index is 6020. The molecule has 18 rings (SSSR count). The smallest absolute Gasteiger partial charge is 0.410 e. The zero-order valence-electron chi connectivity index (χ0n) is 76.4. The van der Waals surface area contributed by atoms with Crippen LogP contribution in [-0.4, -0.2) is 229 Å². The number of ether oxygens (including phenoxy) is 5. The molecule has 0 bridgehead atoms. The fourth-order valence-electron chi connectivity index (χ4n) is 19.4. The van der Waals surface area contributed by atoms with Gasteiger partial charge in [-0.2, -0.15) is 0 Å². The number of methoxy groups -OCH3 is 2. The number of carboxylic acid groups (broad SMARTS) is 1. The molecule has 0 spiro atoms. The number of imidazole rings is 4. The summed E-state index contributed by atoms with van der Waals surface area (Å²) in [6.45, 7) is 10.5. The minimum Gasteiger partial charge on any atom is -0.480 e. The third kappa shape index (κ3) is 21.1. The Balaban J connectivity index is 0.000000170. The SMILES string of the molecule is CN(C)C(C(=O)O)c1ccccc1.COC(=O)NC(C(=O)N1CCC[C@H]1c1ncc(-c2ccc(-c3ccc4cc(-c5cnc([C@@H]6CCCN6C(=O)OC(C)(C)C)[nH]5)ccc4c3)cc2)[nH]1)C1CCOCC1.COC(=O)N[C@H](C(=O)N1CCC[C@H]1c1ncc(-c2ccc(-c3ccc4cc(-c5cnc([C@@H]6CCCN6C(=O)C(c6ccccc6)N(C)C)[nH]5)ccc4c3)cc2)[nH]1)C1CCOCC1. The third-order valence-corrected chi connectivity index (χ3v) is 26.1. The quantitative estimate of drug-likeness (QED) is 0.0310. The van der Waals surface area contributed by atoms with Crippen molar-refractivity contribution < 1.29 is 62.4 Å². The highest BCUT2D eigenvalue weighted by Crippen LogP contribution is 2.42. The number of benzene rings is 8. The van der Waals surface area contributed by atoms with Crippen molar-refractivity contribution in [1.82, 2.24) is 79.9 Å². The van der Waals surface area contributed by atoms with E-state index >= 15 is 0 Å². The molecule has 6 amide bonds. The van der Waals surface area contributed by atoms with Crippen LogP contribution in [0, 0.1) is 11.8 Å². The van der Waals surface area contributed by atoms with Gasteiger partial charge in [0, 0.05) is 63.7 Å². The van der Waals surface area contributed by atoms with Crippen molar-refractivity contribution >= 4 is 63.5 Å². The summed E-state index contributed by atoms with van der Waals surface area (Å²) in [6, 6.07) is 59.0. The fourth-order valence-corrected chi connectivity index (χ4v) is 19.4. The Morgan fingerprint density at radius 3 is 1.04 bits per heavy atom. The summed E-state index contributed by atoms with van der Waals surface area (Å²) in [5.74, 6) is 2.11. The van der Waals surface area contributed by atoms with Crippen LogP contribution in [0.15, 0.2) is 207 Å². The molecule has 8 aromatic carbocycles. The molecule has 688 valence electrons. The molecule has 132 heavy (non-hydrogen) atoms. The standard InChI is InChI=1S/C49H54N8O5.C44H51N7O6.C10H13NO2/c1-55(2)44(34-9-5-4-6-10-34)48(59)57-24-8-12-42(57)46-51-30-40(53-46)38-20-19-36-27-35(17-18-37(36)28-38)31-13-15-32(16-14-31)39-29-50-45(52-39)41-11-7-23-56(41)47(58)43(54-49(60)61-3)33-21-25-62-26-22-33;1-44(2,3)57-43(54)51-20-6-8-37(51)40-46-26-35(48-40)33-16-15-31-23-30(13-14-32(31)24-33)27-9-11-28(12-10-27)34-25-45-39(47-34)36-7-5-19-50(36)41(52)38(49-42(53)55-4)29-17-21-56-22-18-29;1-11(2)9(10(12)13)8-6-4-3-5-7-8/h4-6,9-10,13-20,27-30,33,41-44H,7-8,11-12,21-26H2,1-3H3,(H,50,52)(H,51,53)(H,54,60);9-16,23-26,29,36-38H,5-8,17-22H2,1-4H3,(H,45,47)(H,46,48)(H,49,53);3-7,9H,1-2H3,(H,12,13)/t41-,42-,43-,44?;36-,37-,38?;/m00./s1. The number of amides is 6. The number of carboxylic acids is 1. The van der Waals surface area contributed by atoms with E-state index in [0.717, 1.165) is 175 Å². The third-order valence-electron chi connectivity index (χ3n) is 26.1. The number of carbonyl (C=O) groups excluding carboxylic acids is 6. The second-order valence-corrected chi connectivity index (χ2v) is 36.4. The van der Waals surface area contributed by atoms with E-state index in [4.69, 9.17) is 43.7 Å². The predicted octanol–water partition coefficient (Wildman–Crippen LogP) is 17.6. The van der Waals surface area contributed by atoms with Gasteiger partial charge in [-0.1, -0.05) is 158 Å². The number of aromatic amines is 4. The van der Waals surface area contributed by atoms with Crippen molar-refractivity contribution in [3.05, 3.63) is 241 Å². The Kier molecular flexibility index (Phi) is 28.8. The van der Waals surface area contributed by atoms with Gasteiger partial charge in [-0.15, -0.1) is 0 Å². The first kappa shape index (κ1) is 91.9. The van der Waals surface area contributed by atoms with Crippen molar-refractivity contribution in [1.29, 1.82) is 0 Å². The van der Waals surface area contributed by atoms with Crippen molar-refractivity contribution in [2.24, 2.45) is 11.8 Å². The van der Waals surface area contributed by atoms with Crippen molar-refractivity contribution in [3.8, 4) is 67.3 Å². The summed E-state index contributed by atoms with van der Waals surface area (Å²) in [5, 5.41) is 19.1. The molecule has 29 heteroatoms. The summed E-state index contributed by atoms with van der Waals surface area (Å²) in [7, 11) is 10.1. The molecule has 8 atom stereocenters. The summed E-state index contributed by atoms with van der Waals surface area (Å²) < 4.78 is 26.5. The molecule has 6 saturated heterocycles. The number of rotatable bonds is 22. The molecule has 0 aliphatic carbocycles. The van der Waals surface area contributed by atoms with Gasteiger partial charge in [0.05, 0.1) is 86.0 Å². The van der Waals surface area contributed by atoms with Crippen LogP contribution in [0.5, 0.6) is 0 Å². The molecule has 6 aliphatic heterocycles. The van der Waals surface area contributed by atoms with Crippen LogP contribution >= 0.6 is 0 Å². The number of alkyl carbamates (subject to hydrolysis) is 2. The summed E-state index contributed by atoms with van der Waals surface area (Å²) in [6.07, 6.45) is 15.5. The monoisotopic (exact) mass is 1790 g/mol. The molecule has 7 N–H and O–H groups in total. The number of hydrogen-bond acceptors (Lipinski definition) is 18. The van der Waals surface area contributed by atoms with Crippen LogP contribution in [0.1, 0.15) is 168 Å². The topological polar surface area (TPSA) is 344 Å². The highest BCUT2D eigenvalue weighted by Gasteiger charge is 2.44. The van der Waals surface area contributed by atoms with Crippen molar-refractivity contribution in [3.63, 3.8) is 0 Å². The molecule has 6 fully saturated rings. The minimum absolute atomic E-state index is 0.0178. The fraction of sp³-hybridized carbons (Fsp3) is 0.388. The molecule has 29 nitrogen and oxygen atoms in total. The molecule has 4 aromatic heterocycles. The summed E-state index contributed by atoms with van der Waals surface area (Å²) in [4.78, 5) is 134. The van der Waals surface area contributed by atoms with E-state index < -0.39 is 41.9 Å². The van der Waals surface area contributed by atoms with Crippen molar-refractivity contribution in [2.45, 2.75) is 152 Å². The van der Waals surface area contributed by atoms with Gasteiger partial charge in [0.25, 0.3) is 0 Å². The number of aliphatic carboxylic acids is 1. The Hall–Kier alpha value is -13.4. The van der Waals surface area contributed by atoms with Crippen LogP contribution in [-0.2, 0) is 42.9 Å². The molecule has 3 unspecified atom stereocenters. The van der Waals surface area contributed by atoms with Crippen LogP contribution in [0.3, 0.4) is 0 Å². The van der Waals surface area contributed by atoms with E-state index in [1.165, 1.54) is 14.2 Å². The van der Waals surface area contributed by atoms with Crippen LogP contribution in [0.2, 0.25) is 0 Å². The zero-order valence-corrected chi connectivity index (χ0v) is 76.4. The first-order valence-electron chi connectivity index (χ1n) is 45.8. The molecule has 0 radical (unpaired) electrons. The average Bonchev–Trinajstić information content (AvgIpc) is 1.70. The van der Waals surface area contributed by atoms with Crippen LogP contribution in [0.25, 0.3) is 88.8 Å². The lowest BCUT2D eigenvalue weighted by atomic mass is 9.90. The number of likely N-dealkylation sites (N-methyl/N-ethyl adjacent to an activating group) is 2. The lowest BCUT2D eigenvalue weighted by Crippen LogP contribution is -2.53. The Morgan fingerprint density at radius 1 is 0.394 bits per heavy atom. The van der Waals surface area contributed by atoms with E-state index in [0.29, 0.717) is 78.3 Å². The van der Waals surface area contributed by atoms with E-state index in [1.807, 2.05) is 140 Å². The molecule has 12 aromatic rings. The van der Waals surface area contributed by atoms with Gasteiger partial charge >= 0.3 is 24.2 Å². The number of nitrogens with zero attached hydrogens (tertiary/aromatic N) is 10. The lowest BCUT2D eigenvalue weighted by Gasteiger charge is -2.34. The maximum Gasteiger partial charge on any atom is 0.410 e. The van der Waals surface area contributed by atoms with Gasteiger partial charge < -0.3 is 74.1 Å². The first-order chi connectivity index (χ1) is 63.9. The number of aromatic nitrogens is 8. The molecular formula is C103H118N16O13. The van der Waals surface area contributed by atoms with Gasteiger partial charge in [0.15, 0.2) is 0 Å². The van der Waals surface area contributed by atoms with E-state index in [1.54, 1.807) is 23.9 Å². The second kappa shape index (κ2) is 41.4. The predicted molar refractivity (Wildman–Crippen MR) is 504 cm³/mol. The van der Waals surface area contributed by atoms with Gasteiger partial charge in [0.2, 0.25) is 17.7 Å². The Morgan fingerprint density at radius 2 is 0.697 bits per heavy atom. The number of likely N-dealkylation sites (tertiary alicyclic amines) is 4. The van der Waals surface area contributed by atoms with E-state index in [9.17, 15) is 33.6 Å². The van der Waals surface area contributed by atoms with E-state index in [-0.39, 0.29) is 65.9 Å². The number of hydrogen-bond donors (Lipinski definition) is 7. The highest BCUT2D eigenvalue weighted by atomic mass is 16.6.